The second kappa shape index (κ2) is 14.8. The van der Waals surface area contributed by atoms with E-state index in [1.807, 2.05) is 68.4 Å². The molecule has 0 aliphatic carbocycles. The zero-order valence-corrected chi connectivity index (χ0v) is 28.4. The summed E-state index contributed by atoms with van der Waals surface area (Å²) < 4.78 is 0. The summed E-state index contributed by atoms with van der Waals surface area (Å²) in [5, 5.41) is 12.2. The van der Waals surface area contributed by atoms with Crippen molar-refractivity contribution in [2.24, 2.45) is 0 Å². The normalized spacial score (nSPS) is 15.3. The van der Waals surface area contributed by atoms with Gasteiger partial charge in [-0.3, -0.25) is 9.59 Å². The third kappa shape index (κ3) is 7.22. The van der Waals surface area contributed by atoms with Gasteiger partial charge in [0.25, 0.3) is 11.8 Å². The summed E-state index contributed by atoms with van der Waals surface area (Å²) >= 11 is 12.4. The predicted octanol–water partition coefficient (Wildman–Crippen LogP) is 4.18. The third-order valence-corrected chi connectivity index (χ3v) is 8.46. The second-order valence-electron chi connectivity index (χ2n) is 10.8. The SMILES string of the molecule is Cc1ccccc1-c1ccc2c(c1)C(=O)N([C@H](C)c1ccc(Cl)cc1)[C@@H](c1ccc(Cl)cc1)C(=O)N2CCCCC(=O)[O-].[Na+]. The molecule has 5 rings (SSSR count). The van der Waals surface area contributed by atoms with E-state index >= 15 is 0 Å². The summed E-state index contributed by atoms with van der Waals surface area (Å²) in [6.45, 7) is 4.16. The van der Waals surface area contributed by atoms with Crippen molar-refractivity contribution in [3.63, 3.8) is 0 Å². The Hall–Kier alpha value is -3.13. The molecule has 0 spiro atoms. The van der Waals surface area contributed by atoms with Crippen molar-refractivity contribution in [2.45, 2.75) is 45.2 Å². The molecule has 0 bridgehead atoms. The number of unbranched alkanes of at least 4 members (excludes halogenated alkanes) is 1. The van der Waals surface area contributed by atoms with Crippen molar-refractivity contribution in [3.05, 3.63) is 123 Å². The summed E-state index contributed by atoms with van der Waals surface area (Å²) in [4.78, 5) is 43.7. The Balaban J connectivity index is 0.00000442. The maximum atomic E-state index is 14.8. The number of aryl methyl sites for hydroxylation is 1. The van der Waals surface area contributed by atoms with Crippen LogP contribution in [0.25, 0.3) is 11.1 Å². The van der Waals surface area contributed by atoms with E-state index < -0.39 is 18.1 Å². The average molecular weight is 638 g/mol. The molecule has 2 atom stereocenters. The number of carboxylic acid groups (broad SMARTS) is 1. The van der Waals surface area contributed by atoms with Gasteiger partial charge in [0.05, 0.1) is 17.3 Å². The second-order valence-corrected chi connectivity index (χ2v) is 11.6. The van der Waals surface area contributed by atoms with E-state index in [4.69, 9.17) is 23.2 Å². The van der Waals surface area contributed by atoms with Crippen LogP contribution in [0.5, 0.6) is 0 Å². The number of amides is 2. The van der Waals surface area contributed by atoms with Crippen LogP contribution in [0.4, 0.5) is 5.69 Å². The van der Waals surface area contributed by atoms with Crippen LogP contribution in [0.15, 0.2) is 91.0 Å². The molecule has 0 saturated carbocycles. The van der Waals surface area contributed by atoms with Crippen molar-refractivity contribution < 1.29 is 49.0 Å². The molecule has 44 heavy (non-hydrogen) atoms. The summed E-state index contributed by atoms with van der Waals surface area (Å²) in [7, 11) is 0. The first-order valence-corrected chi connectivity index (χ1v) is 15.0. The Morgan fingerprint density at radius 2 is 1.50 bits per heavy atom. The summed E-state index contributed by atoms with van der Waals surface area (Å²) in [5.41, 5.74) is 5.24. The number of anilines is 1. The number of nitrogens with zero attached hydrogens (tertiary/aromatic N) is 2. The van der Waals surface area contributed by atoms with Crippen LogP contribution >= 0.6 is 23.2 Å². The quantitative estimate of drug-likeness (QED) is 0.204. The van der Waals surface area contributed by atoms with Crippen LogP contribution < -0.4 is 39.6 Å². The van der Waals surface area contributed by atoms with Gasteiger partial charge in [-0.05, 0) is 97.3 Å². The number of carbonyl (C=O) groups is 3. The van der Waals surface area contributed by atoms with Crippen LogP contribution in [0, 0.1) is 6.92 Å². The van der Waals surface area contributed by atoms with Gasteiger partial charge < -0.3 is 19.7 Å². The predicted molar refractivity (Wildman–Crippen MR) is 168 cm³/mol. The van der Waals surface area contributed by atoms with E-state index in [1.54, 1.807) is 46.2 Å². The molecular formula is C35H31Cl2N2NaO4. The van der Waals surface area contributed by atoms with E-state index in [-0.39, 0.29) is 54.3 Å². The Labute approximate surface area is 289 Å². The van der Waals surface area contributed by atoms with Gasteiger partial charge in [-0.25, -0.2) is 0 Å². The summed E-state index contributed by atoms with van der Waals surface area (Å²) in [6.07, 6.45) is 0.653. The fourth-order valence-corrected chi connectivity index (χ4v) is 5.92. The van der Waals surface area contributed by atoms with E-state index in [2.05, 4.69) is 0 Å². The zero-order chi connectivity index (χ0) is 30.7. The third-order valence-electron chi connectivity index (χ3n) is 7.95. The molecule has 6 nitrogen and oxygen atoms in total. The number of rotatable bonds is 9. The van der Waals surface area contributed by atoms with Crippen LogP contribution in [0.2, 0.25) is 10.0 Å². The van der Waals surface area contributed by atoms with Crippen LogP contribution in [0.3, 0.4) is 0 Å². The van der Waals surface area contributed by atoms with Gasteiger partial charge >= 0.3 is 29.6 Å². The summed E-state index contributed by atoms with van der Waals surface area (Å²) in [6, 6.07) is 26.3. The molecule has 4 aromatic rings. The van der Waals surface area contributed by atoms with Crippen molar-refractivity contribution in [3.8, 4) is 11.1 Å². The van der Waals surface area contributed by atoms with Crippen molar-refractivity contribution in [2.75, 3.05) is 11.4 Å². The minimum atomic E-state index is -1.14. The Kier molecular flexibility index (Phi) is 11.3. The van der Waals surface area contributed by atoms with Gasteiger partial charge in [-0.15, -0.1) is 0 Å². The van der Waals surface area contributed by atoms with Gasteiger partial charge in [-0.2, -0.15) is 0 Å². The van der Waals surface area contributed by atoms with Crippen molar-refractivity contribution >= 4 is 46.7 Å². The number of carboxylic acids is 1. The number of hydrogen-bond donors (Lipinski definition) is 0. The molecule has 0 unspecified atom stereocenters. The van der Waals surface area contributed by atoms with E-state index in [0.717, 1.165) is 22.3 Å². The minimum absolute atomic E-state index is 0. The molecule has 1 aliphatic rings. The molecule has 1 aliphatic heterocycles. The first-order chi connectivity index (χ1) is 20.7. The van der Waals surface area contributed by atoms with Gasteiger partial charge in [-0.1, -0.05) is 77.8 Å². The van der Waals surface area contributed by atoms with Crippen LogP contribution in [-0.4, -0.2) is 29.2 Å². The number of aliphatic carboxylic acids is 1. The molecule has 0 N–H and O–H groups in total. The van der Waals surface area contributed by atoms with Crippen LogP contribution in [-0.2, 0) is 9.59 Å². The largest absolute Gasteiger partial charge is 1.00 e. The monoisotopic (exact) mass is 636 g/mol. The molecule has 0 radical (unpaired) electrons. The number of halogens is 2. The first kappa shape index (κ1) is 33.8. The van der Waals surface area contributed by atoms with Gasteiger partial charge in [0, 0.05) is 22.6 Å². The molecule has 2 amide bonds. The van der Waals surface area contributed by atoms with E-state index in [0.29, 0.717) is 39.7 Å². The van der Waals surface area contributed by atoms with Gasteiger partial charge in [0.2, 0.25) is 0 Å². The standard InChI is InChI=1S/C35H32Cl2N2O4.Na/c1-22-7-3-4-8-29(22)26-14-19-31-30(21-26)34(42)39(23(2)24-10-15-27(36)16-11-24)33(25-12-17-28(37)18-13-25)35(43)38(31)20-6-5-9-32(40)41;/h3-4,7-8,10-19,21,23,33H,5-6,9,20H2,1-2H3,(H,40,41);/q;+1/p-1/t23-,33+;/m1./s1. The van der Waals surface area contributed by atoms with Crippen molar-refractivity contribution in [1.29, 1.82) is 0 Å². The Bertz CT molecular complexity index is 1660. The smallest absolute Gasteiger partial charge is 0.550 e. The molecule has 0 aromatic heterocycles. The number of benzene rings is 4. The minimum Gasteiger partial charge on any atom is -0.550 e. The molecule has 9 heteroatoms. The topological polar surface area (TPSA) is 80.8 Å². The fourth-order valence-electron chi connectivity index (χ4n) is 5.67. The van der Waals surface area contributed by atoms with Crippen molar-refractivity contribution in [1.82, 2.24) is 4.90 Å². The number of fused-ring (bicyclic) bond motifs is 1. The number of hydrogen-bond acceptors (Lipinski definition) is 4. The maximum absolute atomic E-state index is 14.8. The average Bonchev–Trinajstić information content (AvgIpc) is 3.08. The van der Waals surface area contributed by atoms with Gasteiger partial charge in [0.1, 0.15) is 6.04 Å². The Morgan fingerprint density at radius 3 is 2.14 bits per heavy atom. The Morgan fingerprint density at radius 1 is 0.864 bits per heavy atom. The van der Waals surface area contributed by atoms with Gasteiger partial charge in [0.15, 0.2) is 0 Å². The molecule has 1 heterocycles. The first-order valence-electron chi connectivity index (χ1n) is 14.2. The molecule has 220 valence electrons. The molecule has 4 aromatic carbocycles. The van der Waals surface area contributed by atoms with E-state index in [1.165, 1.54) is 0 Å². The fraction of sp³-hybridized carbons (Fsp3) is 0.229. The zero-order valence-electron chi connectivity index (χ0n) is 24.9. The maximum Gasteiger partial charge on any atom is 1.00 e. The molecule has 0 saturated heterocycles. The number of carbonyl (C=O) groups excluding carboxylic acids is 3. The molecular weight excluding hydrogens is 606 g/mol. The summed E-state index contributed by atoms with van der Waals surface area (Å²) in [5.74, 6) is -1.71. The molecule has 0 fully saturated rings. The van der Waals surface area contributed by atoms with E-state index in [9.17, 15) is 19.5 Å². The van der Waals surface area contributed by atoms with Crippen LogP contribution in [0.1, 0.15) is 65.3 Å².